The van der Waals surface area contributed by atoms with Crippen LogP contribution >= 0.6 is 0 Å². The van der Waals surface area contributed by atoms with Gasteiger partial charge in [0.1, 0.15) is 6.54 Å². The van der Waals surface area contributed by atoms with E-state index < -0.39 is 5.97 Å². The number of carbonyl (C=O) groups is 1. The number of hydrogen-bond donors (Lipinski definition) is 2. The van der Waals surface area contributed by atoms with Gasteiger partial charge in [0.05, 0.1) is 5.41 Å². The van der Waals surface area contributed by atoms with Crippen LogP contribution in [0, 0.1) is 0 Å². The maximum Gasteiger partial charge on any atom is 0.303 e. The van der Waals surface area contributed by atoms with Crippen molar-refractivity contribution >= 4 is 23.1 Å². The molecule has 1 aliphatic rings. The number of unbranched alkanes of at least 4 members (excludes halogenated alkanes) is 2. The van der Waals surface area contributed by atoms with E-state index in [2.05, 4.69) is 54.1 Å². The lowest BCUT2D eigenvalue weighted by molar-refractivity contribution is -0.438. The molecule has 5 heteroatoms. The van der Waals surface area contributed by atoms with Crippen molar-refractivity contribution < 1.29 is 31.5 Å². The normalized spacial score (nSPS) is 14.6. The van der Waals surface area contributed by atoms with Crippen molar-refractivity contribution in [2.75, 3.05) is 11.9 Å². The molecule has 0 saturated heterocycles. The number of halogens is 1. The van der Waals surface area contributed by atoms with Gasteiger partial charge in [-0.05, 0) is 38.8 Å². The maximum absolute atomic E-state index is 10.7. The van der Waals surface area contributed by atoms with Gasteiger partial charge in [0.2, 0.25) is 5.69 Å². The van der Waals surface area contributed by atoms with E-state index in [1.54, 1.807) is 0 Å². The summed E-state index contributed by atoms with van der Waals surface area (Å²) in [6.07, 6.45) is 7.06. The summed E-state index contributed by atoms with van der Waals surface area (Å²) < 4.78 is 2.39. The van der Waals surface area contributed by atoms with Gasteiger partial charge in [0, 0.05) is 42.4 Å². The Bertz CT molecular complexity index is 889. The van der Waals surface area contributed by atoms with E-state index in [1.165, 1.54) is 17.0 Å². The second kappa shape index (κ2) is 10.4. The first kappa shape index (κ1) is 22.9. The van der Waals surface area contributed by atoms with Gasteiger partial charge in [-0.2, -0.15) is 4.58 Å². The summed E-state index contributed by atoms with van der Waals surface area (Å²) in [5, 5.41) is 12.2. The molecule has 0 atom stereocenters. The fraction of sp³-hybridized carbons (Fsp3) is 0.333. The molecule has 2 aromatic carbocycles. The van der Waals surface area contributed by atoms with Crippen LogP contribution in [0.1, 0.15) is 45.1 Å². The van der Waals surface area contributed by atoms with E-state index in [4.69, 9.17) is 5.11 Å². The van der Waals surface area contributed by atoms with Crippen LogP contribution in [0.15, 0.2) is 66.9 Å². The third kappa shape index (κ3) is 5.57. The highest BCUT2D eigenvalue weighted by Crippen LogP contribution is 2.39. The van der Waals surface area contributed by atoms with Gasteiger partial charge >= 0.3 is 5.97 Å². The van der Waals surface area contributed by atoms with Gasteiger partial charge in [-0.25, -0.2) is 0 Å². The smallest absolute Gasteiger partial charge is 0.303 e. The molecule has 3 rings (SSSR count). The van der Waals surface area contributed by atoms with Gasteiger partial charge in [0.15, 0.2) is 5.71 Å². The zero-order valence-electron chi connectivity index (χ0n) is 17.1. The molecule has 0 spiro atoms. The van der Waals surface area contributed by atoms with E-state index in [1.807, 2.05) is 36.5 Å². The second-order valence-corrected chi connectivity index (χ2v) is 7.73. The minimum absolute atomic E-state index is 0. The van der Waals surface area contributed by atoms with Crippen molar-refractivity contribution in [1.82, 2.24) is 0 Å². The number of nitrogens with zero attached hydrogens (tertiary/aromatic N) is 1. The molecule has 0 aliphatic carbocycles. The van der Waals surface area contributed by atoms with Gasteiger partial charge in [0.25, 0.3) is 0 Å². The maximum atomic E-state index is 10.7. The van der Waals surface area contributed by atoms with Crippen molar-refractivity contribution in [3.05, 3.63) is 72.4 Å². The molecule has 0 fully saturated rings. The molecule has 0 unspecified atom stereocenters. The number of nitrogens with one attached hydrogen (secondary N) is 1. The molecule has 4 nitrogen and oxygen atoms in total. The predicted molar refractivity (Wildman–Crippen MR) is 115 cm³/mol. The van der Waals surface area contributed by atoms with Gasteiger partial charge in [-0.3, -0.25) is 4.79 Å². The Morgan fingerprint density at radius 2 is 1.72 bits per heavy atom. The van der Waals surface area contributed by atoms with Gasteiger partial charge < -0.3 is 27.4 Å². The van der Waals surface area contributed by atoms with Crippen molar-refractivity contribution in [1.29, 1.82) is 0 Å². The standard InChI is InChI=1S/C24H28N2O2.BrH/c1-24(2)20-13-8-9-14-21(20)26(18-10-4-7-15-23(27)28)22(24)16-17-25-19-11-5-3-6-12-19;/h3,5-6,8-9,11-14,16-17H,4,7,10,15,18H2,1-2H3,(H,27,28);1H. The number of hydrogen-bond acceptors (Lipinski definition) is 2. The summed E-state index contributed by atoms with van der Waals surface area (Å²) in [7, 11) is 0. The summed E-state index contributed by atoms with van der Waals surface area (Å²) in [5.41, 5.74) is 4.83. The molecule has 1 heterocycles. The van der Waals surface area contributed by atoms with Crippen LogP contribution in [-0.2, 0) is 10.2 Å². The van der Waals surface area contributed by atoms with E-state index in [9.17, 15) is 4.79 Å². The highest BCUT2D eigenvalue weighted by molar-refractivity contribution is 6.03. The molecule has 154 valence electrons. The Morgan fingerprint density at radius 1 is 1.03 bits per heavy atom. The number of carboxylic acids is 1. The second-order valence-electron chi connectivity index (χ2n) is 7.73. The zero-order chi connectivity index (χ0) is 20.0. The van der Waals surface area contributed by atoms with Crippen molar-refractivity contribution in [3.8, 4) is 0 Å². The molecule has 0 bridgehead atoms. The van der Waals surface area contributed by atoms with Crippen LogP contribution in [0.2, 0.25) is 0 Å². The molecule has 0 amide bonds. The molecule has 2 aromatic rings. The molecule has 0 aromatic heterocycles. The van der Waals surface area contributed by atoms with Crippen molar-refractivity contribution in [2.45, 2.75) is 44.9 Å². The third-order valence-corrected chi connectivity index (χ3v) is 5.34. The number of aliphatic carboxylic acids is 1. The van der Waals surface area contributed by atoms with Crippen molar-refractivity contribution in [2.24, 2.45) is 0 Å². The lowest BCUT2D eigenvalue weighted by Crippen LogP contribution is -3.00. The first-order valence-corrected chi connectivity index (χ1v) is 9.94. The number of benzene rings is 2. The minimum atomic E-state index is -0.713. The van der Waals surface area contributed by atoms with Gasteiger partial charge in [-0.15, -0.1) is 0 Å². The number of allylic oxidation sites excluding steroid dienone is 1. The highest BCUT2D eigenvalue weighted by Gasteiger charge is 2.43. The lowest BCUT2D eigenvalue weighted by Gasteiger charge is -2.15. The summed E-state index contributed by atoms with van der Waals surface area (Å²) >= 11 is 0. The fourth-order valence-electron chi connectivity index (χ4n) is 3.86. The largest absolute Gasteiger partial charge is 1.00 e. The van der Waals surface area contributed by atoms with Crippen LogP contribution in [0.5, 0.6) is 0 Å². The summed E-state index contributed by atoms with van der Waals surface area (Å²) in [6, 6.07) is 18.7. The highest BCUT2D eigenvalue weighted by atomic mass is 79.9. The molecule has 2 N–H and O–H groups in total. The van der Waals surface area contributed by atoms with Crippen LogP contribution in [0.25, 0.3) is 0 Å². The summed E-state index contributed by atoms with van der Waals surface area (Å²) in [6.45, 7) is 5.42. The van der Waals surface area contributed by atoms with Crippen LogP contribution in [0.4, 0.5) is 11.4 Å². The Labute approximate surface area is 183 Å². The minimum Gasteiger partial charge on any atom is -1.00 e. The topological polar surface area (TPSA) is 52.3 Å². The van der Waals surface area contributed by atoms with Crippen LogP contribution in [0.3, 0.4) is 0 Å². The Balaban J connectivity index is 0.00000300. The van der Waals surface area contributed by atoms with E-state index in [-0.39, 0.29) is 28.8 Å². The predicted octanol–water partition coefficient (Wildman–Crippen LogP) is 2.34. The van der Waals surface area contributed by atoms with Crippen LogP contribution in [-0.4, -0.2) is 27.9 Å². The summed E-state index contributed by atoms with van der Waals surface area (Å²) in [5.74, 6) is -0.713. The molecular formula is C24H29BrN2O2. The monoisotopic (exact) mass is 456 g/mol. The summed E-state index contributed by atoms with van der Waals surface area (Å²) in [4.78, 5) is 10.7. The molecule has 0 saturated carbocycles. The first-order chi connectivity index (χ1) is 13.5. The Morgan fingerprint density at radius 3 is 2.45 bits per heavy atom. The number of para-hydroxylation sites is 2. The zero-order valence-corrected chi connectivity index (χ0v) is 18.7. The average molecular weight is 457 g/mol. The molecule has 29 heavy (non-hydrogen) atoms. The van der Waals surface area contributed by atoms with Crippen LogP contribution < -0.4 is 22.3 Å². The molecule has 1 aliphatic heterocycles. The first-order valence-electron chi connectivity index (χ1n) is 9.94. The van der Waals surface area contributed by atoms with Gasteiger partial charge in [-0.1, -0.05) is 36.4 Å². The average Bonchev–Trinajstić information content (AvgIpc) is 2.90. The number of rotatable bonds is 9. The molecular weight excluding hydrogens is 428 g/mol. The number of carboxylic acid groups (broad SMARTS) is 1. The Kier molecular flexibility index (Phi) is 8.21. The van der Waals surface area contributed by atoms with E-state index >= 15 is 0 Å². The molecule has 0 radical (unpaired) electrons. The third-order valence-electron chi connectivity index (χ3n) is 5.34. The lowest BCUT2D eigenvalue weighted by atomic mass is 9.81. The van der Waals surface area contributed by atoms with E-state index in [0.717, 1.165) is 31.5 Å². The number of fused-ring (bicyclic) bond motifs is 1. The fourth-order valence-corrected chi connectivity index (χ4v) is 3.86. The number of anilines is 1. The quantitative estimate of drug-likeness (QED) is 0.449. The Hall–Kier alpha value is -2.40. The van der Waals surface area contributed by atoms with Crippen molar-refractivity contribution in [3.63, 3.8) is 0 Å². The van der Waals surface area contributed by atoms with E-state index in [0.29, 0.717) is 0 Å². The SMILES string of the molecule is CC1(C)C(/C=C/Nc2ccccc2)=[N+](CCCCCC(=O)O)c2ccccc21.[Br-].